The monoisotopic (exact) mass is 1810 g/mol. The Kier molecular flexibility index (Phi) is 39.9. The molecule has 6 aliphatic rings. The number of carbonyl (C=O) groups is 18. The van der Waals surface area contributed by atoms with E-state index in [0.717, 1.165) is 125 Å². The number of aliphatic hydroxyl groups excluding tert-OH is 1. The highest BCUT2D eigenvalue weighted by Crippen LogP contribution is 2.40. The number of esters is 18. The Hall–Kier alpha value is -9.77. The summed E-state index contributed by atoms with van der Waals surface area (Å²) in [4.78, 5) is 233. The summed E-state index contributed by atoms with van der Waals surface area (Å²) in [6.45, 7) is 10.5. The molecular formula is C74H101ClO49. The number of aliphatic hydroxyl groups is 1. The fraction of sp³-hybridized carbons (Fsp3) is 0.757. The Balaban J connectivity index is 1.42. The molecule has 30 unspecified atom stereocenters. The summed E-state index contributed by atoms with van der Waals surface area (Å²) in [6.07, 6.45) is -57.9. The van der Waals surface area contributed by atoms with E-state index in [1.54, 1.807) is 0 Å². The van der Waals surface area contributed by atoms with Crippen molar-refractivity contribution in [2.24, 2.45) is 0 Å². The summed E-state index contributed by atoms with van der Waals surface area (Å²) < 4.78 is 175. The molecule has 0 aromatic rings. The molecule has 0 aliphatic carbocycles. The maximum atomic E-state index is 13.3. The van der Waals surface area contributed by atoms with Gasteiger partial charge in [0.1, 0.15) is 49.3 Å². The molecular weight excluding hydrogens is 1710 g/mol. The van der Waals surface area contributed by atoms with Crippen molar-refractivity contribution in [3.8, 4) is 0 Å². The lowest BCUT2D eigenvalue weighted by atomic mass is 9.96. The van der Waals surface area contributed by atoms with Crippen LogP contribution in [-0.2, 0) is 228 Å². The van der Waals surface area contributed by atoms with Crippen molar-refractivity contribution < 1.29 is 234 Å². The van der Waals surface area contributed by atoms with Gasteiger partial charge in [0, 0.05) is 131 Å². The number of halogens is 1. The third-order valence-corrected chi connectivity index (χ3v) is 17.8. The second-order valence-electron chi connectivity index (χ2n) is 28.0. The molecule has 49 nitrogen and oxygen atoms in total. The predicted molar refractivity (Wildman–Crippen MR) is 385 cm³/mol. The van der Waals surface area contributed by atoms with Gasteiger partial charge in [0.25, 0.3) is 0 Å². The molecule has 0 amide bonds. The van der Waals surface area contributed by atoms with Crippen LogP contribution in [0.2, 0.25) is 0 Å². The van der Waals surface area contributed by atoms with Crippen LogP contribution in [0, 0.1) is 0 Å². The highest BCUT2D eigenvalue weighted by molar-refractivity contribution is 6.18. The number of rotatable bonds is 37. The third-order valence-electron chi connectivity index (χ3n) is 17.6. The second kappa shape index (κ2) is 48.1. The van der Waals surface area contributed by atoms with Crippen LogP contribution < -0.4 is 0 Å². The summed E-state index contributed by atoms with van der Waals surface area (Å²) in [5.41, 5.74) is 0. The Morgan fingerprint density at radius 3 is 0.548 bits per heavy atom. The van der Waals surface area contributed by atoms with Gasteiger partial charge in [-0.1, -0.05) is 0 Å². The first-order chi connectivity index (χ1) is 58.2. The molecule has 0 aromatic carbocycles. The lowest BCUT2D eigenvalue weighted by molar-refractivity contribution is -0.354. The van der Waals surface area contributed by atoms with Crippen molar-refractivity contribution in [3.63, 3.8) is 0 Å². The number of hydrogen-bond donors (Lipinski definition) is 1. The summed E-state index contributed by atoms with van der Waals surface area (Å²) in [5.74, 6) is -19.5. The van der Waals surface area contributed by atoms with Crippen LogP contribution >= 0.6 is 11.6 Å². The molecule has 6 aliphatic heterocycles. The maximum absolute atomic E-state index is 13.3. The second-order valence-corrected chi connectivity index (χ2v) is 28.4. The van der Waals surface area contributed by atoms with Crippen LogP contribution in [0.25, 0.3) is 0 Å². The van der Waals surface area contributed by atoms with Crippen LogP contribution in [0.15, 0.2) is 0 Å². The highest BCUT2D eigenvalue weighted by Gasteiger charge is 2.61. The molecule has 0 radical (unpaired) electrons. The first kappa shape index (κ1) is 103. The fourth-order valence-corrected chi connectivity index (χ4v) is 13.8. The van der Waals surface area contributed by atoms with Crippen molar-refractivity contribution in [3.05, 3.63) is 0 Å². The lowest BCUT2D eigenvalue weighted by Crippen LogP contribution is -2.66. The van der Waals surface area contributed by atoms with E-state index < -0.39 is 331 Å². The zero-order valence-corrected chi connectivity index (χ0v) is 71.2. The Bertz CT molecular complexity index is 3780. The van der Waals surface area contributed by atoms with E-state index in [1.165, 1.54) is 0 Å². The summed E-state index contributed by atoms with van der Waals surface area (Å²) >= 11 is 5.95. The maximum Gasteiger partial charge on any atom is 0.303 e. The van der Waals surface area contributed by atoms with Gasteiger partial charge in [-0.25, -0.2) is 0 Å². The van der Waals surface area contributed by atoms with E-state index in [-0.39, 0.29) is 12.5 Å². The standard InChI is InChI=1S/C74H101ClO49/c1-27(76)96-21-46-53(103-29(3)78)60(110-36(10)85)65(115-41(15)90)72(121-46)100-25-49-56(106-32(6)81)62(112-38(12)87)66(116-42(16)91)71(123-49)98-22-45-52(102-28(2)77)51(94)58(108-34(8)83)69(119-45)97-23-48-55(105-31(5)80)61(111-37(11)86)67(117-43(17)92)74(122-48)101-26-50-57(107-33(7)82)63(113-39(13)88)68(118-44(18)93)73(124-50)99-24-47-54(104-30(4)79)59(109-35(9)84)64(114-40(14)89)70(120-47)95-20-19-75/h45-74,94H,19-26H2,1-18H3. The van der Waals surface area contributed by atoms with Gasteiger partial charge in [-0.3, -0.25) is 86.3 Å². The molecule has 698 valence electrons. The van der Waals surface area contributed by atoms with Gasteiger partial charge in [-0.15, -0.1) is 11.6 Å². The van der Waals surface area contributed by atoms with Crippen molar-refractivity contribution in [1.29, 1.82) is 0 Å². The largest absolute Gasteiger partial charge is 0.463 e. The molecule has 124 heavy (non-hydrogen) atoms. The number of hydrogen-bond acceptors (Lipinski definition) is 49. The lowest BCUT2D eigenvalue weighted by Gasteiger charge is -2.47. The fourth-order valence-electron chi connectivity index (χ4n) is 13.7. The third kappa shape index (κ3) is 30.8. The molecule has 6 fully saturated rings. The van der Waals surface area contributed by atoms with E-state index in [9.17, 15) is 91.4 Å². The number of carbonyl (C=O) groups excluding carboxylic acids is 18. The summed E-state index contributed by atoms with van der Waals surface area (Å²) in [5, 5.41) is 12.3. The van der Waals surface area contributed by atoms with Crippen molar-refractivity contribution in [2.75, 3.05) is 52.1 Å². The van der Waals surface area contributed by atoms with Crippen molar-refractivity contribution in [1.82, 2.24) is 0 Å². The molecule has 1 N–H and O–H groups in total. The summed E-state index contributed by atoms with van der Waals surface area (Å²) in [7, 11) is 0. The predicted octanol–water partition coefficient (Wildman–Crippen LogP) is -2.56. The highest BCUT2D eigenvalue weighted by atomic mass is 35.5. The van der Waals surface area contributed by atoms with Gasteiger partial charge in [-0.05, 0) is 0 Å². The first-order valence-corrected chi connectivity index (χ1v) is 38.6. The average Bonchev–Trinajstić information content (AvgIpc) is 0.758. The minimum Gasteiger partial charge on any atom is -0.463 e. The molecule has 30 atom stereocenters. The molecule has 0 bridgehead atoms. The van der Waals surface area contributed by atoms with Crippen LogP contribution in [0.1, 0.15) is 125 Å². The molecule has 6 saturated heterocycles. The van der Waals surface area contributed by atoms with Crippen LogP contribution in [-0.4, -0.2) is 349 Å². The summed E-state index contributed by atoms with van der Waals surface area (Å²) in [6, 6.07) is 0. The van der Waals surface area contributed by atoms with E-state index in [1.807, 2.05) is 0 Å². The minimum atomic E-state index is -2.27. The molecule has 0 aromatic heterocycles. The van der Waals surface area contributed by atoms with Gasteiger partial charge < -0.3 is 147 Å². The Morgan fingerprint density at radius 2 is 0.355 bits per heavy atom. The normalized spacial score (nSPS) is 33.2. The molecule has 0 spiro atoms. The van der Waals surface area contributed by atoms with E-state index in [2.05, 4.69) is 0 Å². The zero-order chi connectivity index (χ0) is 92.6. The van der Waals surface area contributed by atoms with E-state index >= 15 is 0 Å². The molecule has 50 heteroatoms. The van der Waals surface area contributed by atoms with Gasteiger partial charge in [-0.2, -0.15) is 0 Å². The quantitative estimate of drug-likeness (QED) is 0.0380. The van der Waals surface area contributed by atoms with Gasteiger partial charge in [0.15, 0.2) is 142 Å². The van der Waals surface area contributed by atoms with Crippen LogP contribution in [0.3, 0.4) is 0 Å². The Labute approximate surface area is 711 Å². The number of ether oxygens (including phenoxy) is 30. The molecule has 6 rings (SSSR count). The first-order valence-electron chi connectivity index (χ1n) is 38.1. The van der Waals surface area contributed by atoms with E-state index in [4.69, 9.17) is 154 Å². The van der Waals surface area contributed by atoms with Crippen LogP contribution in [0.4, 0.5) is 0 Å². The minimum absolute atomic E-state index is 0.177. The van der Waals surface area contributed by atoms with Gasteiger partial charge in [0.05, 0.1) is 39.6 Å². The van der Waals surface area contributed by atoms with Crippen molar-refractivity contribution in [2.45, 2.75) is 309 Å². The van der Waals surface area contributed by atoms with Gasteiger partial charge in [0.2, 0.25) is 0 Å². The van der Waals surface area contributed by atoms with Crippen molar-refractivity contribution >= 4 is 119 Å². The SMILES string of the molecule is CC(=O)OCC1OC(OCC2OC(OCC3OC(OCC4OC(OCC5OC(OCC6OC(OCCCl)C(OC(C)=O)C(OC(C)=O)C6OC(C)=O)C(OC(C)=O)C(OC(C)=O)C5OC(C)=O)C(OC(C)=O)C(OC(C)=O)C4OC(C)=O)C(OC(C)=O)C(O)C3OC(C)=O)C(OC(C)=O)C(OC(C)=O)C2OC(C)=O)C(OC(C)=O)C(OC(C)=O)C1OC(C)=O. The molecule has 0 saturated carbocycles. The van der Waals surface area contributed by atoms with E-state index in [0.29, 0.717) is 0 Å². The number of alkyl halides is 1. The topological polar surface area (TPSA) is 604 Å². The zero-order valence-electron chi connectivity index (χ0n) is 70.4. The molecule has 6 heterocycles. The smallest absolute Gasteiger partial charge is 0.303 e. The average molecular weight is 1810 g/mol. The van der Waals surface area contributed by atoms with Crippen LogP contribution in [0.5, 0.6) is 0 Å². The van der Waals surface area contributed by atoms with Gasteiger partial charge >= 0.3 is 107 Å². The Morgan fingerprint density at radius 1 is 0.202 bits per heavy atom.